The molecule has 1 aromatic rings. The van der Waals surface area contributed by atoms with Crippen molar-refractivity contribution in [2.75, 3.05) is 0 Å². The third-order valence-corrected chi connectivity index (χ3v) is 4.19. The predicted molar refractivity (Wildman–Crippen MR) is 82.6 cm³/mol. The number of nitrogens with zero attached hydrogens (tertiary/aromatic N) is 1. The molecule has 0 radical (unpaired) electrons. The highest BCUT2D eigenvalue weighted by Gasteiger charge is 2.23. The molecule has 0 aliphatic heterocycles. The zero-order valence-corrected chi connectivity index (χ0v) is 12.5. The van der Waals surface area contributed by atoms with Gasteiger partial charge in [0.2, 0.25) is 11.8 Å². The average molecular weight is 299 g/mol. The number of rotatable bonds is 6. The van der Waals surface area contributed by atoms with E-state index in [1.54, 1.807) is 24.3 Å². The molecule has 5 nitrogen and oxygen atoms in total. The van der Waals surface area contributed by atoms with Crippen molar-refractivity contribution < 1.29 is 9.59 Å². The van der Waals surface area contributed by atoms with E-state index in [1.807, 2.05) is 0 Å². The molecule has 1 saturated carbocycles. The van der Waals surface area contributed by atoms with Crippen molar-refractivity contribution in [3.63, 3.8) is 0 Å². The molecule has 0 spiro atoms. The number of benzene rings is 1. The van der Waals surface area contributed by atoms with Crippen LogP contribution in [0, 0.1) is 17.2 Å². The Hall–Kier alpha value is -2.35. The summed E-state index contributed by atoms with van der Waals surface area (Å²) in [4.78, 5) is 23.7. The van der Waals surface area contributed by atoms with Gasteiger partial charge in [0.25, 0.3) is 0 Å². The quantitative estimate of drug-likeness (QED) is 0.836. The van der Waals surface area contributed by atoms with Crippen molar-refractivity contribution in [1.82, 2.24) is 5.32 Å². The molecule has 0 aromatic heterocycles. The second-order valence-electron chi connectivity index (χ2n) is 5.85. The van der Waals surface area contributed by atoms with Crippen LogP contribution in [-0.4, -0.2) is 17.9 Å². The van der Waals surface area contributed by atoms with Crippen molar-refractivity contribution in [2.45, 2.75) is 44.6 Å². The van der Waals surface area contributed by atoms with Gasteiger partial charge in [-0.05, 0) is 30.4 Å². The lowest BCUT2D eigenvalue weighted by molar-refractivity contribution is -0.127. The Labute approximate surface area is 130 Å². The van der Waals surface area contributed by atoms with Crippen LogP contribution in [0.5, 0.6) is 0 Å². The zero-order valence-electron chi connectivity index (χ0n) is 12.5. The fraction of sp³-hybridized carbons (Fsp3) is 0.471. The molecule has 22 heavy (non-hydrogen) atoms. The molecule has 1 aliphatic carbocycles. The predicted octanol–water partition coefficient (Wildman–Crippen LogP) is 1.65. The average Bonchev–Trinajstić information content (AvgIpc) is 2.99. The molecule has 3 N–H and O–H groups in total. The summed E-state index contributed by atoms with van der Waals surface area (Å²) in [5.74, 6) is -0.294. The van der Waals surface area contributed by atoms with Gasteiger partial charge in [-0.25, -0.2) is 0 Å². The van der Waals surface area contributed by atoms with Crippen LogP contribution in [0.15, 0.2) is 24.3 Å². The standard InChI is InChI=1S/C17H21N3O2/c18-11-14-8-4-3-7-13(14)10-15(17(19)22)20-16(21)9-12-5-1-2-6-12/h3-4,7-8,12,15H,1-2,5-6,9-10H2,(H2,19,22)(H,20,21)/t15-/m1/s1. The van der Waals surface area contributed by atoms with E-state index in [2.05, 4.69) is 11.4 Å². The summed E-state index contributed by atoms with van der Waals surface area (Å²) in [5, 5.41) is 11.8. The summed E-state index contributed by atoms with van der Waals surface area (Å²) in [6.45, 7) is 0. The maximum Gasteiger partial charge on any atom is 0.240 e. The van der Waals surface area contributed by atoms with Crippen LogP contribution < -0.4 is 11.1 Å². The molecule has 1 aromatic carbocycles. The monoisotopic (exact) mass is 299 g/mol. The molecule has 2 rings (SSSR count). The first-order valence-electron chi connectivity index (χ1n) is 7.67. The van der Waals surface area contributed by atoms with Crippen molar-refractivity contribution in [1.29, 1.82) is 5.26 Å². The SMILES string of the molecule is N#Cc1ccccc1C[C@@H](NC(=O)CC1CCCC1)C(N)=O. The Kier molecular flexibility index (Phi) is 5.54. The molecular weight excluding hydrogens is 278 g/mol. The highest BCUT2D eigenvalue weighted by molar-refractivity contribution is 5.87. The maximum absolute atomic E-state index is 12.1. The number of hydrogen-bond donors (Lipinski definition) is 2. The van der Waals surface area contributed by atoms with Gasteiger partial charge in [-0.1, -0.05) is 31.0 Å². The summed E-state index contributed by atoms with van der Waals surface area (Å²) in [6.07, 6.45) is 5.19. The molecule has 1 fully saturated rings. The molecule has 5 heteroatoms. The molecule has 0 heterocycles. The molecule has 2 amide bonds. The van der Waals surface area contributed by atoms with Crippen LogP contribution in [0.25, 0.3) is 0 Å². The summed E-state index contributed by atoms with van der Waals surface area (Å²) in [5.41, 5.74) is 6.61. The fourth-order valence-electron chi connectivity index (χ4n) is 2.98. The Balaban J connectivity index is 1.99. The van der Waals surface area contributed by atoms with Crippen LogP contribution in [-0.2, 0) is 16.0 Å². The van der Waals surface area contributed by atoms with Gasteiger partial charge < -0.3 is 11.1 Å². The summed E-state index contributed by atoms with van der Waals surface area (Å²) < 4.78 is 0. The molecule has 1 atom stereocenters. The van der Waals surface area contributed by atoms with E-state index < -0.39 is 11.9 Å². The number of primary amides is 1. The van der Waals surface area contributed by atoms with Crippen LogP contribution >= 0.6 is 0 Å². The van der Waals surface area contributed by atoms with E-state index in [9.17, 15) is 9.59 Å². The second-order valence-corrected chi connectivity index (χ2v) is 5.85. The number of nitrogens with two attached hydrogens (primary N) is 1. The van der Waals surface area contributed by atoms with E-state index in [0.29, 0.717) is 17.9 Å². The minimum atomic E-state index is -0.775. The first-order valence-corrected chi connectivity index (χ1v) is 7.67. The number of carbonyl (C=O) groups is 2. The van der Waals surface area contributed by atoms with Crippen LogP contribution in [0.2, 0.25) is 0 Å². The maximum atomic E-state index is 12.1. The molecule has 116 valence electrons. The molecular formula is C17H21N3O2. The number of nitrogens with one attached hydrogen (secondary N) is 1. The van der Waals surface area contributed by atoms with Gasteiger partial charge in [-0.15, -0.1) is 0 Å². The van der Waals surface area contributed by atoms with Crippen molar-refractivity contribution in [3.8, 4) is 6.07 Å². The van der Waals surface area contributed by atoms with Crippen LogP contribution in [0.1, 0.15) is 43.2 Å². The van der Waals surface area contributed by atoms with Crippen molar-refractivity contribution in [3.05, 3.63) is 35.4 Å². The van der Waals surface area contributed by atoms with E-state index in [0.717, 1.165) is 18.4 Å². The second kappa shape index (κ2) is 7.60. The molecule has 0 bridgehead atoms. The molecule has 1 aliphatic rings. The Morgan fingerprint density at radius 1 is 1.32 bits per heavy atom. The fourth-order valence-corrected chi connectivity index (χ4v) is 2.98. The van der Waals surface area contributed by atoms with Crippen molar-refractivity contribution >= 4 is 11.8 Å². The minimum Gasteiger partial charge on any atom is -0.368 e. The summed E-state index contributed by atoms with van der Waals surface area (Å²) in [7, 11) is 0. The lowest BCUT2D eigenvalue weighted by Crippen LogP contribution is -2.46. The third-order valence-electron chi connectivity index (χ3n) is 4.19. The van der Waals surface area contributed by atoms with Gasteiger partial charge in [0, 0.05) is 12.8 Å². The number of nitriles is 1. The van der Waals surface area contributed by atoms with E-state index >= 15 is 0 Å². The number of hydrogen-bond acceptors (Lipinski definition) is 3. The third kappa shape index (κ3) is 4.32. The van der Waals surface area contributed by atoms with Gasteiger partial charge in [0.15, 0.2) is 0 Å². The Morgan fingerprint density at radius 3 is 2.64 bits per heavy atom. The van der Waals surface area contributed by atoms with E-state index in [1.165, 1.54) is 12.8 Å². The van der Waals surface area contributed by atoms with Gasteiger partial charge >= 0.3 is 0 Å². The molecule has 0 unspecified atom stereocenters. The summed E-state index contributed by atoms with van der Waals surface area (Å²) in [6, 6.07) is 8.34. The topological polar surface area (TPSA) is 96.0 Å². The number of amides is 2. The van der Waals surface area contributed by atoms with E-state index in [4.69, 9.17) is 11.0 Å². The van der Waals surface area contributed by atoms with Gasteiger partial charge in [-0.3, -0.25) is 9.59 Å². The number of carbonyl (C=O) groups excluding carboxylic acids is 2. The smallest absolute Gasteiger partial charge is 0.240 e. The van der Waals surface area contributed by atoms with Gasteiger partial charge in [0.1, 0.15) is 6.04 Å². The van der Waals surface area contributed by atoms with Crippen molar-refractivity contribution in [2.24, 2.45) is 11.7 Å². The van der Waals surface area contributed by atoms with Gasteiger partial charge in [0.05, 0.1) is 11.6 Å². The van der Waals surface area contributed by atoms with E-state index in [-0.39, 0.29) is 12.3 Å². The lowest BCUT2D eigenvalue weighted by atomic mass is 9.99. The molecule has 0 saturated heterocycles. The lowest BCUT2D eigenvalue weighted by Gasteiger charge is -2.17. The van der Waals surface area contributed by atoms with Gasteiger partial charge in [-0.2, -0.15) is 5.26 Å². The van der Waals surface area contributed by atoms with Crippen LogP contribution in [0.3, 0.4) is 0 Å². The largest absolute Gasteiger partial charge is 0.368 e. The normalized spacial score (nSPS) is 16.0. The highest BCUT2D eigenvalue weighted by atomic mass is 16.2. The minimum absolute atomic E-state index is 0.134. The zero-order chi connectivity index (χ0) is 15.9. The first-order chi connectivity index (χ1) is 10.6. The van der Waals surface area contributed by atoms with Crippen LogP contribution in [0.4, 0.5) is 0 Å². The highest BCUT2D eigenvalue weighted by Crippen LogP contribution is 2.27. The Bertz CT molecular complexity index is 586. The first kappa shape index (κ1) is 16.0. The Morgan fingerprint density at radius 2 is 2.00 bits per heavy atom. The summed E-state index contributed by atoms with van der Waals surface area (Å²) >= 11 is 0.